The molecule has 1 atom stereocenters. The quantitative estimate of drug-likeness (QED) is 0.226. The van der Waals surface area contributed by atoms with Gasteiger partial charge in [0.2, 0.25) is 17.7 Å². The van der Waals surface area contributed by atoms with Crippen LogP contribution in [0.1, 0.15) is 24.1 Å². The van der Waals surface area contributed by atoms with Crippen LogP contribution in [-0.4, -0.2) is 66.6 Å². The van der Waals surface area contributed by atoms with E-state index in [4.69, 9.17) is 42.6 Å². The molecule has 0 spiro atoms. The molecule has 0 bridgehead atoms. The number of pyridine rings is 1. The third kappa shape index (κ3) is 6.06. The molecule has 1 amide bonds. The zero-order valence-electron chi connectivity index (χ0n) is 24.3. The molecule has 0 saturated carbocycles. The Labute approximate surface area is 265 Å². The Morgan fingerprint density at radius 1 is 0.909 bits per heavy atom. The zero-order valence-corrected chi connectivity index (χ0v) is 25.8. The van der Waals surface area contributed by atoms with Gasteiger partial charge in [-0.05, 0) is 12.5 Å². The van der Waals surface area contributed by atoms with E-state index < -0.39 is 0 Å². The Hall–Kier alpha value is -4.25. The number of ether oxygens (including phenoxy) is 2. The highest BCUT2D eigenvalue weighted by Crippen LogP contribution is 2.42. The number of halogens is 2. The standard InChI is InChI=1S/C32H31Cl2N7O3/c1-43-31-18(15-35-16-19-10-12-26(42)39-19)9-11-24(40-31)22-7-3-5-20(27(22)33)21-6-4-8-23(28(21)34)25-17-38-29(32(41-25)44-2)30-36-13-14-37-30/h3-9,11,17,19,35H,10,12-16H2,1-2H3,(H,36,37)(H,39,42). The van der Waals surface area contributed by atoms with Crippen molar-refractivity contribution in [1.82, 2.24) is 30.9 Å². The topological polar surface area (TPSA) is 123 Å². The Morgan fingerprint density at radius 3 is 2.23 bits per heavy atom. The maximum Gasteiger partial charge on any atom is 0.244 e. The van der Waals surface area contributed by atoms with Crippen LogP contribution >= 0.6 is 23.2 Å². The van der Waals surface area contributed by atoms with Crippen molar-refractivity contribution in [3.63, 3.8) is 0 Å². The number of nitrogens with one attached hydrogen (secondary N) is 3. The normalized spacial score (nSPS) is 16.0. The molecule has 1 fully saturated rings. The van der Waals surface area contributed by atoms with Crippen molar-refractivity contribution in [2.45, 2.75) is 25.4 Å². The van der Waals surface area contributed by atoms with Gasteiger partial charge in [0, 0.05) is 59.9 Å². The molecule has 12 heteroatoms. The van der Waals surface area contributed by atoms with Crippen molar-refractivity contribution >= 4 is 34.9 Å². The van der Waals surface area contributed by atoms with Gasteiger partial charge in [0.1, 0.15) is 0 Å². The van der Waals surface area contributed by atoms with Crippen molar-refractivity contribution in [2.24, 2.45) is 4.99 Å². The van der Waals surface area contributed by atoms with E-state index in [1.54, 1.807) is 20.4 Å². The molecular formula is C32H31Cl2N7O3. The fourth-order valence-electron chi connectivity index (χ4n) is 5.38. The number of hydrogen-bond acceptors (Lipinski definition) is 9. The summed E-state index contributed by atoms with van der Waals surface area (Å²) in [7, 11) is 3.15. The summed E-state index contributed by atoms with van der Waals surface area (Å²) in [5.74, 6) is 1.63. The third-order valence-electron chi connectivity index (χ3n) is 7.60. The molecule has 4 aromatic rings. The SMILES string of the molecule is COc1nc(-c2cccc(-c3cccc(-c4cnc(C5=NCCN5)c(OC)n4)c3Cl)c2Cl)ccc1CNCC1CCC(=O)N1. The van der Waals surface area contributed by atoms with E-state index in [-0.39, 0.29) is 11.9 Å². The van der Waals surface area contributed by atoms with Crippen molar-refractivity contribution in [3.05, 3.63) is 76.0 Å². The first-order chi connectivity index (χ1) is 21.5. The summed E-state index contributed by atoms with van der Waals surface area (Å²) in [6, 6.07) is 15.5. The number of aliphatic imine (C=N–C) groups is 1. The van der Waals surface area contributed by atoms with E-state index in [2.05, 4.69) is 25.9 Å². The largest absolute Gasteiger partial charge is 0.481 e. The highest BCUT2D eigenvalue weighted by molar-refractivity contribution is 6.39. The second-order valence-corrected chi connectivity index (χ2v) is 11.2. The zero-order chi connectivity index (χ0) is 30.6. The molecule has 0 radical (unpaired) electrons. The molecule has 4 heterocycles. The van der Waals surface area contributed by atoms with Crippen LogP contribution < -0.4 is 25.4 Å². The lowest BCUT2D eigenvalue weighted by Gasteiger charge is -2.16. The first-order valence-electron chi connectivity index (χ1n) is 14.3. The Bertz CT molecular complexity index is 1750. The van der Waals surface area contributed by atoms with Gasteiger partial charge in [-0.3, -0.25) is 9.79 Å². The first-order valence-corrected chi connectivity index (χ1v) is 15.0. The van der Waals surface area contributed by atoms with Crippen molar-refractivity contribution < 1.29 is 14.3 Å². The van der Waals surface area contributed by atoms with Crippen LogP contribution in [0.5, 0.6) is 11.8 Å². The molecule has 0 aliphatic carbocycles. The first kappa shape index (κ1) is 29.8. The molecule has 1 saturated heterocycles. The molecule has 2 aliphatic rings. The van der Waals surface area contributed by atoms with E-state index in [0.29, 0.717) is 76.3 Å². The molecular weight excluding hydrogens is 601 g/mol. The number of amides is 1. The van der Waals surface area contributed by atoms with Crippen LogP contribution in [0.15, 0.2) is 59.7 Å². The number of methoxy groups -OCH3 is 2. The average Bonchev–Trinajstić information content (AvgIpc) is 3.73. The van der Waals surface area contributed by atoms with Gasteiger partial charge in [0.25, 0.3) is 0 Å². The molecule has 1 unspecified atom stereocenters. The highest BCUT2D eigenvalue weighted by atomic mass is 35.5. The molecule has 10 nitrogen and oxygen atoms in total. The summed E-state index contributed by atoms with van der Waals surface area (Å²) >= 11 is 14.1. The molecule has 2 aliphatic heterocycles. The highest BCUT2D eigenvalue weighted by Gasteiger charge is 2.22. The van der Waals surface area contributed by atoms with Gasteiger partial charge in [-0.25, -0.2) is 15.0 Å². The van der Waals surface area contributed by atoms with Crippen LogP contribution in [0.3, 0.4) is 0 Å². The van der Waals surface area contributed by atoms with Crippen molar-refractivity contribution in [3.8, 4) is 45.4 Å². The number of hydrogen-bond donors (Lipinski definition) is 3. The van der Waals surface area contributed by atoms with Crippen LogP contribution in [0, 0.1) is 0 Å². The van der Waals surface area contributed by atoms with Gasteiger partial charge >= 0.3 is 0 Å². The number of aromatic nitrogens is 3. The van der Waals surface area contributed by atoms with E-state index in [0.717, 1.165) is 35.2 Å². The lowest BCUT2D eigenvalue weighted by Crippen LogP contribution is -2.35. The smallest absolute Gasteiger partial charge is 0.244 e. The molecule has 44 heavy (non-hydrogen) atoms. The fraction of sp³-hybridized carbons (Fsp3) is 0.281. The van der Waals surface area contributed by atoms with Gasteiger partial charge in [0.15, 0.2) is 11.5 Å². The van der Waals surface area contributed by atoms with Crippen LogP contribution in [-0.2, 0) is 11.3 Å². The predicted molar refractivity (Wildman–Crippen MR) is 172 cm³/mol. The molecule has 2 aromatic carbocycles. The molecule has 6 rings (SSSR count). The fourth-order valence-corrected chi connectivity index (χ4v) is 6.03. The van der Waals surface area contributed by atoms with Gasteiger partial charge in [0.05, 0.1) is 48.4 Å². The molecule has 3 N–H and O–H groups in total. The summed E-state index contributed by atoms with van der Waals surface area (Å²) in [6.45, 7) is 2.67. The summed E-state index contributed by atoms with van der Waals surface area (Å²) in [5, 5.41) is 10.5. The maximum atomic E-state index is 11.5. The van der Waals surface area contributed by atoms with E-state index >= 15 is 0 Å². The number of carbonyl (C=O) groups excluding carboxylic acids is 1. The van der Waals surface area contributed by atoms with Crippen molar-refractivity contribution in [2.75, 3.05) is 33.9 Å². The van der Waals surface area contributed by atoms with Gasteiger partial charge in [-0.15, -0.1) is 0 Å². The average molecular weight is 633 g/mol. The summed E-state index contributed by atoms with van der Waals surface area (Å²) in [5.41, 5.74) is 5.63. The van der Waals surface area contributed by atoms with Gasteiger partial charge in [-0.2, -0.15) is 0 Å². The van der Waals surface area contributed by atoms with Crippen molar-refractivity contribution in [1.29, 1.82) is 0 Å². The minimum Gasteiger partial charge on any atom is -0.481 e. The van der Waals surface area contributed by atoms with E-state index in [1.165, 1.54) is 0 Å². The predicted octanol–water partition coefficient (Wildman–Crippen LogP) is 4.91. The number of benzene rings is 2. The Kier molecular flexibility index (Phi) is 8.92. The Morgan fingerprint density at radius 2 is 1.59 bits per heavy atom. The van der Waals surface area contributed by atoms with Crippen LogP contribution in [0.25, 0.3) is 33.6 Å². The summed E-state index contributed by atoms with van der Waals surface area (Å²) in [6.07, 6.45) is 3.08. The molecule has 2 aromatic heterocycles. The minimum absolute atomic E-state index is 0.100. The molecule has 226 valence electrons. The lowest BCUT2D eigenvalue weighted by molar-refractivity contribution is -0.119. The van der Waals surface area contributed by atoms with E-state index in [1.807, 2.05) is 48.5 Å². The minimum atomic E-state index is 0.100. The number of carbonyl (C=O) groups is 1. The summed E-state index contributed by atoms with van der Waals surface area (Å²) in [4.78, 5) is 30.0. The van der Waals surface area contributed by atoms with E-state index in [9.17, 15) is 4.79 Å². The third-order valence-corrected chi connectivity index (χ3v) is 8.41. The second-order valence-electron chi connectivity index (χ2n) is 10.4. The monoisotopic (exact) mass is 631 g/mol. The number of nitrogens with zero attached hydrogens (tertiary/aromatic N) is 4. The number of rotatable bonds is 10. The second kappa shape index (κ2) is 13.2. The lowest BCUT2D eigenvalue weighted by atomic mass is 9.98. The summed E-state index contributed by atoms with van der Waals surface area (Å²) < 4.78 is 11.2. The van der Waals surface area contributed by atoms with Crippen LogP contribution in [0.2, 0.25) is 10.0 Å². The number of amidine groups is 1. The van der Waals surface area contributed by atoms with Crippen LogP contribution in [0.4, 0.5) is 0 Å². The van der Waals surface area contributed by atoms with Gasteiger partial charge < -0.3 is 25.4 Å². The van der Waals surface area contributed by atoms with Gasteiger partial charge in [-0.1, -0.05) is 65.7 Å². The maximum absolute atomic E-state index is 11.5. The Balaban J connectivity index is 1.27.